The van der Waals surface area contributed by atoms with Crippen molar-refractivity contribution in [2.24, 2.45) is 0 Å². The molecule has 154 valence electrons. The van der Waals surface area contributed by atoms with Crippen LogP contribution in [0.5, 0.6) is 5.75 Å². The summed E-state index contributed by atoms with van der Waals surface area (Å²) in [5.41, 5.74) is 1.43. The van der Waals surface area contributed by atoms with Gasteiger partial charge in [0.2, 0.25) is 15.9 Å². The van der Waals surface area contributed by atoms with Crippen LogP contribution in [0.25, 0.3) is 0 Å². The third-order valence-electron chi connectivity index (χ3n) is 4.59. The Morgan fingerprint density at radius 3 is 2.28 bits per heavy atom. The summed E-state index contributed by atoms with van der Waals surface area (Å²) in [6.45, 7) is 1.12. The van der Waals surface area contributed by atoms with Crippen LogP contribution in [0.3, 0.4) is 0 Å². The number of thiocarbonyl (C=S) groups is 1. The van der Waals surface area contributed by atoms with Crippen molar-refractivity contribution in [2.45, 2.75) is 24.2 Å². The van der Waals surface area contributed by atoms with E-state index < -0.39 is 10.0 Å². The number of sulfonamides is 1. The number of nitrogens with one attached hydrogen (secondary N) is 2. The number of hydrogen-bond donors (Lipinski definition) is 2. The molecule has 2 aromatic carbocycles. The number of carbonyl (C=O) groups excluding carboxylic acids is 1. The van der Waals surface area contributed by atoms with E-state index in [1.807, 2.05) is 12.1 Å². The molecule has 1 heterocycles. The number of hydrogen-bond acceptors (Lipinski definition) is 5. The zero-order valence-electron chi connectivity index (χ0n) is 16.1. The molecule has 7 nitrogen and oxygen atoms in total. The van der Waals surface area contributed by atoms with Gasteiger partial charge in [-0.25, -0.2) is 8.42 Å². The summed E-state index contributed by atoms with van der Waals surface area (Å²) >= 11 is 5.17. The minimum absolute atomic E-state index is 0.152. The first-order chi connectivity index (χ1) is 13.9. The number of nitrogens with zero attached hydrogens (tertiary/aromatic N) is 1. The summed E-state index contributed by atoms with van der Waals surface area (Å²) in [7, 11) is -1.87. The van der Waals surface area contributed by atoms with Crippen molar-refractivity contribution in [1.82, 2.24) is 9.62 Å². The molecule has 0 bridgehead atoms. The molecule has 2 N–H and O–H groups in total. The van der Waals surface area contributed by atoms with Crippen molar-refractivity contribution in [3.05, 3.63) is 54.1 Å². The van der Waals surface area contributed by atoms with Crippen molar-refractivity contribution in [1.29, 1.82) is 0 Å². The molecule has 1 amide bonds. The van der Waals surface area contributed by atoms with Crippen molar-refractivity contribution in [2.75, 3.05) is 25.5 Å². The molecule has 0 aromatic heterocycles. The molecule has 0 aliphatic carbocycles. The van der Waals surface area contributed by atoms with Gasteiger partial charge in [0.1, 0.15) is 5.75 Å². The molecule has 9 heteroatoms. The molecular formula is C20H23N3O4S2. The number of anilines is 1. The maximum Gasteiger partial charge on any atom is 0.243 e. The van der Waals surface area contributed by atoms with Gasteiger partial charge < -0.3 is 15.4 Å². The van der Waals surface area contributed by atoms with Crippen molar-refractivity contribution in [3.63, 3.8) is 0 Å². The second kappa shape index (κ2) is 9.34. The molecule has 0 spiro atoms. The van der Waals surface area contributed by atoms with E-state index in [1.165, 1.54) is 16.4 Å². The lowest BCUT2D eigenvalue weighted by atomic mass is 10.1. The molecule has 29 heavy (non-hydrogen) atoms. The van der Waals surface area contributed by atoms with Gasteiger partial charge >= 0.3 is 0 Å². The molecule has 2 aromatic rings. The molecule has 0 unspecified atom stereocenters. The van der Waals surface area contributed by atoms with Crippen molar-refractivity contribution >= 4 is 38.9 Å². The van der Waals surface area contributed by atoms with E-state index in [9.17, 15) is 13.2 Å². The highest BCUT2D eigenvalue weighted by atomic mass is 32.2. The van der Waals surface area contributed by atoms with Gasteiger partial charge in [-0.3, -0.25) is 4.79 Å². The maximum atomic E-state index is 12.5. The fourth-order valence-electron chi connectivity index (χ4n) is 3.05. The number of methoxy groups -OCH3 is 1. The van der Waals surface area contributed by atoms with Crippen LogP contribution in [0.2, 0.25) is 0 Å². The summed E-state index contributed by atoms with van der Waals surface area (Å²) in [6.07, 6.45) is 1.96. The highest BCUT2D eigenvalue weighted by molar-refractivity contribution is 7.89. The second-order valence-electron chi connectivity index (χ2n) is 6.66. The number of rotatable bonds is 6. The first kappa shape index (κ1) is 21.2. The third-order valence-corrected chi connectivity index (χ3v) is 6.71. The Balaban J connectivity index is 1.54. The number of ether oxygens (including phenoxy) is 1. The number of amides is 1. The van der Waals surface area contributed by atoms with Crippen LogP contribution in [-0.4, -0.2) is 43.9 Å². The molecule has 1 fully saturated rings. The summed E-state index contributed by atoms with van der Waals surface area (Å²) < 4.78 is 31.7. The highest BCUT2D eigenvalue weighted by Gasteiger charge is 2.26. The zero-order chi connectivity index (χ0) is 20.9. The van der Waals surface area contributed by atoms with E-state index in [-0.39, 0.29) is 22.3 Å². The molecule has 3 rings (SSSR count). The smallest absolute Gasteiger partial charge is 0.243 e. The summed E-state index contributed by atoms with van der Waals surface area (Å²) in [5.74, 6) is 0.474. The topological polar surface area (TPSA) is 87.7 Å². The van der Waals surface area contributed by atoms with Gasteiger partial charge in [-0.05, 0) is 67.0 Å². The Labute approximate surface area is 176 Å². The van der Waals surface area contributed by atoms with Crippen LogP contribution < -0.4 is 15.4 Å². The Morgan fingerprint density at radius 2 is 1.69 bits per heavy atom. The first-order valence-corrected chi connectivity index (χ1v) is 11.1. The van der Waals surface area contributed by atoms with E-state index in [1.54, 1.807) is 31.4 Å². The van der Waals surface area contributed by atoms with Crippen molar-refractivity contribution in [3.8, 4) is 5.75 Å². The van der Waals surface area contributed by atoms with E-state index in [0.29, 0.717) is 18.8 Å². The SMILES string of the molecule is COc1ccc(CC(=O)NC(=S)Nc2ccc(S(=O)(=O)N3CCCC3)cc2)cc1. The van der Waals surface area contributed by atoms with Crippen molar-refractivity contribution < 1.29 is 17.9 Å². The minimum atomic E-state index is -3.45. The zero-order valence-corrected chi connectivity index (χ0v) is 17.7. The summed E-state index contributed by atoms with van der Waals surface area (Å²) in [5, 5.41) is 5.67. The molecule has 1 aliphatic heterocycles. The molecule has 1 saturated heterocycles. The van der Waals surface area contributed by atoms with Gasteiger partial charge in [0.05, 0.1) is 18.4 Å². The Morgan fingerprint density at radius 1 is 1.07 bits per heavy atom. The van der Waals surface area contributed by atoms with E-state index in [2.05, 4.69) is 10.6 Å². The average molecular weight is 434 g/mol. The van der Waals surface area contributed by atoms with Crippen LogP contribution in [-0.2, 0) is 21.2 Å². The predicted octanol–water partition coefficient (Wildman–Crippen LogP) is 2.54. The lowest BCUT2D eigenvalue weighted by Crippen LogP contribution is -2.35. The Bertz CT molecular complexity index is 968. The number of carbonyl (C=O) groups is 1. The van der Waals surface area contributed by atoms with Crippen LogP contribution in [0.1, 0.15) is 18.4 Å². The second-order valence-corrected chi connectivity index (χ2v) is 9.01. The number of benzene rings is 2. The molecular weight excluding hydrogens is 410 g/mol. The van der Waals surface area contributed by atoms with Gasteiger partial charge in [0, 0.05) is 18.8 Å². The monoisotopic (exact) mass is 433 g/mol. The first-order valence-electron chi connectivity index (χ1n) is 9.22. The van der Waals surface area contributed by atoms with E-state index >= 15 is 0 Å². The van der Waals surface area contributed by atoms with Gasteiger partial charge in [-0.1, -0.05) is 12.1 Å². The summed E-state index contributed by atoms with van der Waals surface area (Å²) in [6, 6.07) is 13.5. The lowest BCUT2D eigenvalue weighted by Gasteiger charge is -2.16. The largest absolute Gasteiger partial charge is 0.497 e. The van der Waals surface area contributed by atoms with Crippen LogP contribution in [0, 0.1) is 0 Å². The fourth-order valence-corrected chi connectivity index (χ4v) is 4.80. The standard InChI is InChI=1S/C20H23N3O4S2/c1-27-17-8-4-15(5-9-17)14-19(24)22-20(28)21-16-6-10-18(11-7-16)29(25,26)23-12-2-3-13-23/h4-11H,2-3,12-14H2,1H3,(H2,21,22,24,28). The lowest BCUT2D eigenvalue weighted by molar-refractivity contribution is -0.119. The molecule has 0 atom stereocenters. The third kappa shape index (κ3) is 5.53. The minimum Gasteiger partial charge on any atom is -0.497 e. The maximum absolute atomic E-state index is 12.5. The molecule has 0 radical (unpaired) electrons. The highest BCUT2D eigenvalue weighted by Crippen LogP contribution is 2.22. The average Bonchev–Trinajstić information content (AvgIpc) is 3.24. The quantitative estimate of drug-likeness (QED) is 0.681. The van der Waals surface area contributed by atoms with Gasteiger partial charge in [0.25, 0.3) is 0 Å². The Kier molecular flexibility index (Phi) is 6.83. The van der Waals surface area contributed by atoms with E-state index in [4.69, 9.17) is 17.0 Å². The Hall–Kier alpha value is -2.49. The van der Waals surface area contributed by atoms with Gasteiger partial charge in [-0.2, -0.15) is 4.31 Å². The van der Waals surface area contributed by atoms with E-state index in [0.717, 1.165) is 24.2 Å². The van der Waals surface area contributed by atoms with Crippen LogP contribution in [0.15, 0.2) is 53.4 Å². The van der Waals surface area contributed by atoms with Crippen LogP contribution >= 0.6 is 12.2 Å². The molecule has 1 aliphatic rings. The van der Waals surface area contributed by atoms with Crippen LogP contribution in [0.4, 0.5) is 5.69 Å². The predicted molar refractivity (Wildman–Crippen MR) is 115 cm³/mol. The summed E-state index contributed by atoms with van der Waals surface area (Å²) in [4.78, 5) is 12.4. The molecule has 0 saturated carbocycles. The van der Waals surface area contributed by atoms with Gasteiger partial charge in [-0.15, -0.1) is 0 Å². The fraction of sp³-hybridized carbons (Fsp3) is 0.300. The normalized spacial score (nSPS) is 14.4. The van der Waals surface area contributed by atoms with Gasteiger partial charge in [0.15, 0.2) is 5.11 Å².